The zero-order valence-electron chi connectivity index (χ0n) is 15.3. The number of carbonyl (C=O) groups is 2. The predicted octanol–water partition coefficient (Wildman–Crippen LogP) is 3.19. The highest BCUT2D eigenvalue weighted by Crippen LogP contribution is 2.27. The fourth-order valence-electron chi connectivity index (χ4n) is 3.48. The van der Waals surface area contributed by atoms with Crippen LogP contribution >= 0.6 is 11.6 Å². The molecule has 2 amide bonds. The number of carbonyl (C=O) groups excluding carboxylic acids is 2. The van der Waals surface area contributed by atoms with Crippen molar-refractivity contribution in [1.82, 2.24) is 4.90 Å². The van der Waals surface area contributed by atoms with Crippen molar-refractivity contribution in [1.29, 1.82) is 0 Å². The molecule has 0 unspecified atom stereocenters. The molecule has 1 aliphatic rings. The van der Waals surface area contributed by atoms with E-state index in [-0.39, 0.29) is 41.4 Å². The van der Waals surface area contributed by atoms with Crippen molar-refractivity contribution in [3.8, 4) is 5.75 Å². The lowest BCUT2D eigenvalue weighted by Crippen LogP contribution is -2.49. The third kappa shape index (κ3) is 5.01. The molecule has 3 rings (SSSR count). The van der Waals surface area contributed by atoms with E-state index >= 15 is 0 Å². The number of nitrogens with two attached hydrogens (primary N) is 1. The largest absolute Gasteiger partial charge is 0.490 e. The Hall–Kier alpha value is -2.60. The Morgan fingerprint density at radius 2 is 1.93 bits per heavy atom. The number of piperidine rings is 1. The summed E-state index contributed by atoms with van der Waals surface area (Å²) in [6.07, 6.45) is 0.320. The lowest BCUT2D eigenvalue weighted by Gasteiger charge is -2.38. The molecule has 0 aliphatic carbocycles. The van der Waals surface area contributed by atoms with Gasteiger partial charge in [-0.3, -0.25) is 9.59 Å². The van der Waals surface area contributed by atoms with Crippen LogP contribution in [0.3, 0.4) is 0 Å². The van der Waals surface area contributed by atoms with Crippen molar-refractivity contribution < 1.29 is 18.7 Å². The van der Waals surface area contributed by atoms with Gasteiger partial charge >= 0.3 is 0 Å². The van der Waals surface area contributed by atoms with Crippen LogP contribution < -0.4 is 10.5 Å². The number of primary amides is 1. The van der Waals surface area contributed by atoms with Crippen molar-refractivity contribution >= 4 is 23.4 Å². The van der Waals surface area contributed by atoms with Gasteiger partial charge in [0.15, 0.2) is 0 Å². The summed E-state index contributed by atoms with van der Waals surface area (Å²) in [5.41, 5.74) is 5.58. The van der Waals surface area contributed by atoms with Crippen LogP contribution in [0.15, 0.2) is 48.5 Å². The second-order valence-corrected chi connectivity index (χ2v) is 7.31. The van der Waals surface area contributed by atoms with E-state index in [0.29, 0.717) is 25.3 Å². The van der Waals surface area contributed by atoms with Crippen molar-refractivity contribution in [2.45, 2.75) is 25.4 Å². The Bertz CT molecular complexity index is 827. The number of likely N-dealkylation sites (tertiary alicyclic amines) is 1. The Kier molecular flexibility index (Phi) is 6.52. The summed E-state index contributed by atoms with van der Waals surface area (Å²) in [7, 11) is 0. The first-order valence-corrected chi connectivity index (χ1v) is 9.52. The normalized spacial score (nSPS) is 19.3. The summed E-state index contributed by atoms with van der Waals surface area (Å²) in [4.78, 5) is 25.9. The molecule has 7 heteroatoms. The Balaban J connectivity index is 1.69. The van der Waals surface area contributed by atoms with E-state index in [4.69, 9.17) is 22.1 Å². The minimum Gasteiger partial charge on any atom is -0.490 e. The molecule has 5 nitrogen and oxygen atoms in total. The summed E-state index contributed by atoms with van der Waals surface area (Å²) >= 11 is 6.03. The van der Waals surface area contributed by atoms with E-state index in [9.17, 15) is 14.0 Å². The van der Waals surface area contributed by atoms with Gasteiger partial charge in [-0.25, -0.2) is 4.39 Å². The molecule has 148 valence electrons. The summed E-state index contributed by atoms with van der Waals surface area (Å²) in [5.74, 6) is -0.707. The summed E-state index contributed by atoms with van der Waals surface area (Å²) in [6.45, 7) is 0.781. The lowest BCUT2D eigenvalue weighted by molar-refractivity contribution is -0.135. The van der Waals surface area contributed by atoms with Crippen LogP contribution in [0.2, 0.25) is 5.02 Å². The number of benzene rings is 2. The van der Waals surface area contributed by atoms with E-state index in [1.807, 2.05) is 30.3 Å². The highest BCUT2D eigenvalue weighted by atomic mass is 35.5. The van der Waals surface area contributed by atoms with Gasteiger partial charge in [-0.1, -0.05) is 35.9 Å². The molecular weight excluding hydrogens is 383 g/mol. The van der Waals surface area contributed by atoms with Gasteiger partial charge in [0.25, 0.3) is 0 Å². The molecule has 28 heavy (non-hydrogen) atoms. The number of hydrogen-bond donors (Lipinski definition) is 1. The first kappa shape index (κ1) is 20.1. The van der Waals surface area contributed by atoms with Crippen LogP contribution in [0.1, 0.15) is 18.4 Å². The maximum Gasteiger partial charge on any atom is 0.227 e. The third-order valence-corrected chi connectivity index (χ3v) is 5.25. The zero-order chi connectivity index (χ0) is 20.1. The molecule has 2 atom stereocenters. The van der Waals surface area contributed by atoms with Gasteiger partial charge in [0.2, 0.25) is 11.8 Å². The standard InChI is InChI=1S/C21H22ClFN2O3/c22-17-7-4-8-18(23)16(17)12-21(27)25-10-9-19(14(13-25)11-20(24)26)28-15-5-2-1-3-6-15/h1-8,14,19H,9-13H2,(H2,24,26)/t14-,19-/m0/s1. The lowest BCUT2D eigenvalue weighted by atomic mass is 9.90. The quantitative estimate of drug-likeness (QED) is 0.803. The Morgan fingerprint density at radius 3 is 2.61 bits per heavy atom. The second-order valence-electron chi connectivity index (χ2n) is 6.91. The van der Waals surface area contributed by atoms with Crippen LogP contribution in [0, 0.1) is 11.7 Å². The average molecular weight is 405 g/mol. The SMILES string of the molecule is NC(=O)C[C@H]1CN(C(=O)Cc2c(F)cccc2Cl)CC[C@@H]1Oc1ccccc1. The molecule has 2 N–H and O–H groups in total. The molecule has 0 radical (unpaired) electrons. The molecule has 1 heterocycles. The molecule has 0 spiro atoms. The summed E-state index contributed by atoms with van der Waals surface area (Å²) < 4.78 is 20.0. The second kappa shape index (κ2) is 9.06. The molecule has 2 aromatic carbocycles. The molecule has 2 aromatic rings. The fraction of sp³-hybridized carbons (Fsp3) is 0.333. The average Bonchev–Trinajstić information content (AvgIpc) is 2.66. The number of para-hydroxylation sites is 1. The summed E-state index contributed by atoms with van der Waals surface area (Å²) in [6, 6.07) is 13.7. The molecule has 0 bridgehead atoms. The van der Waals surface area contributed by atoms with E-state index < -0.39 is 11.7 Å². The van der Waals surface area contributed by atoms with Crippen LogP contribution in [0.5, 0.6) is 5.75 Å². The smallest absolute Gasteiger partial charge is 0.227 e. The number of rotatable bonds is 6. The highest BCUT2D eigenvalue weighted by Gasteiger charge is 2.34. The molecule has 0 aromatic heterocycles. The maximum absolute atomic E-state index is 14.0. The van der Waals surface area contributed by atoms with Crippen LogP contribution in [-0.2, 0) is 16.0 Å². The van der Waals surface area contributed by atoms with E-state index in [0.717, 1.165) is 0 Å². The van der Waals surface area contributed by atoms with Gasteiger partial charge in [-0.15, -0.1) is 0 Å². The van der Waals surface area contributed by atoms with Crippen molar-refractivity contribution in [3.05, 3.63) is 64.9 Å². The molecule has 1 saturated heterocycles. The minimum atomic E-state index is -0.503. The Labute approximate surface area is 168 Å². The summed E-state index contributed by atoms with van der Waals surface area (Å²) in [5, 5.41) is 0.226. The van der Waals surface area contributed by atoms with E-state index in [2.05, 4.69) is 0 Å². The third-order valence-electron chi connectivity index (χ3n) is 4.90. The van der Waals surface area contributed by atoms with Crippen molar-refractivity contribution in [2.75, 3.05) is 13.1 Å². The van der Waals surface area contributed by atoms with E-state index in [1.54, 1.807) is 11.0 Å². The van der Waals surface area contributed by atoms with Gasteiger partial charge in [0, 0.05) is 42.4 Å². The van der Waals surface area contributed by atoms with Crippen molar-refractivity contribution in [3.63, 3.8) is 0 Å². The Morgan fingerprint density at radius 1 is 1.18 bits per heavy atom. The predicted molar refractivity (Wildman–Crippen MR) is 104 cm³/mol. The number of ether oxygens (including phenoxy) is 1. The van der Waals surface area contributed by atoms with Gasteiger partial charge in [0.05, 0.1) is 6.42 Å². The topological polar surface area (TPSA) is 72.6 Å². The number of hydrogen-bond acceptors (Lipinski definition) is 3. The van der Waals surface area contributed by atoms with Gasteiger partial charge in [0.1, 0.15) is 17.7 Å². The number of halogens is 2. The highest BCUT2D eigenvalue weighted by molar-refractivity contribution is 6.31. The molecule has 1 fully saturated rings. The van der Waals surface area contributed by atoms with Gasteiger partial charge < -0.3 is 15.4 Å². The van der Waals surface area contributed by atoms with E-state index in [1.165, 1.54) is 12.1 Å². The minimum absolute atomic E-state index is 0.113. The fourth-order valence-corrected chi connectivity index (χ4v) is 3.71. The van der Waals surface area contributed by atoms with Crippen LogP contribution in [0.25, 0.3) is 0 Å². The monoisotopic (exact) mass is 404 g/mol. The van der Waals surface area contributed by atoms with Crippen molar-refractivity contribution in [2.24, 2.45) is 11.7 Å². The van der Waals surface area contributed by atoms with Crippen LogP contribution in [0.4, 0.5) is 4.39 Å². The zero-order valence-corrected chi connectivity index (χ0v) is 16.1. The first-order chi connectivity index (χ1) is 13.4. The van der Waals surface area contributed by atoms with Crippen LogP contribution in [-0.4, -0.2) is 35.9 Å². The molecule has 0 saturated carbocycles. The molecular formula is C21H22ClFN2O3. The first-order valence-electron chi connectivity index (χ1n) is 9.14. The maximum atomic E-state index is 14.0. The van der Waals surface area contributed by atoms with Gasteiger partial charge in [-0.05, 0) is 24.3 Å². The number of nitrogens with zero attached hydrogens (tertiary/aromatic N) is 1. The molecule has 1 aliphatic heterocycles. The van der Waals surface area contributed by atoms with Gasteiger partial charge in [-0.2, -0.15) is 0 Å². The number of amides is 2.